The Morgan fingerprint density at radius 3 is 2.20 bits per heavy atom. The number of ether oxygens (including phenoxy) is 1. The Kier molecular flexibility index (Phi) is 5.24. The highest BCUT2D eigenvalue weighted by Crippen LogP contribution is 2.30. The molecule has 25 heavy (non-hydrogen) atoms. The zero-order valence-electron chi connectivity index (χ0n) is 14.0. The average molecular weight is 364 g/mol. The van der Waals surface area contributed by atoms with Crippen LogP contribution >= 0.6 is 0 Å². The van der Waals surface area contributed by atoms with E-state index >= 15 is 0 Å². The Morgan fingerprint density at radius 1 is 1.04 bits per heavy atom. The van der Waals surface area contributed by atoms with E-state index in [1.165, 1.54) is 47.8 Å². The van der Waals surface area contributed by atoms with Gasteiger partial charge in [0.1, 0.15) is 11.6 Å². The lowest BCUT2D eigenvalue weighted by Gasteiger charge is -2.35. The minimum absolute atomic E-state index is 0.168. The molecule has 1 N–H and O–H groups in total. The second-order valence-corrected chi connectivity index (χ2v) is 7.75. The minimum Gasteiger partial charge on any atom is -0.497 e. The molecule has 1 saturated heterocycles. The summed E-state index contributed by atoms with van der Waals surface area (Å²) in [5.74, 6) is 0.199. The predicted molar refractivity (Wildman–Crippen MR) is 95.0 cm³/mol. The lowest BCUT2D eigenvalue weighted by molar-refractivity contribution is 0.414. The van der Waals surface area contributed by atoms with Crippen molar-refractivity contribution in [1.29, 1.82) is 0 Å². The van der Waals surface area contributed by atoms with Crippen molar-refractivity contribution in [3.05, 3.63) is 54.3 Å². The lowest BCUT2D eigenvalue weighted by Crippen LogP contribution is -2.46. The topological polar surface area (TPSA) is 58.6 Å². The zero-order valence-corrected chi connectivity index (χ0v) is 14.8. The first-order valence-corrected chi connectivity index (χ1v) is 9.61. The molecule has 0 saturated carbocycles. The maximum absolute atomic E-state index is 13.3. The smallest absolute Gasteiger partial charge is 0.264 e. The second-order valence-electron chi connectivity index (χ2n) is 5.93. The summed E-state index contributed by atoms with van der Waals surface area (Å²) in [5, 5.41) is 3.24. The van der Waals surface area contributed by atoms with Crippen molar-refractivity contribution < 1.29 is 17.5 Å². The van der Waals surface area contributed by atoms with Crippen LogP contribution in [-0.4, -0.2) is 34.7 Å². The van der Waals surface area contributed by atoms with E-state index in [1.807, 2.05) is 0 Å². The van der Waals surface area contributed by atoms with Crippen molar-refractivity contribution in [3.63, 3.8) is 0 Å². The Morgan fingerprint density at radius 2 is 1.64 bits per heavy atom. The van der Waals surface area contributed by atoms with Crippen LogP contribution in [0.5, 0.6) is 5.75 Å². The molecule has 0 aliphatic carbocycles. The third-order valence-corrected chi connectivity index (χ3v) is 6.23. The number of piperidine rings is 1. The summed E-state index contributed by atoms with van der Waals surface area (Å²) in [6.07, 6.45) is 1.40. The van der Waals surface area contributed by atoms with E-state index in [1.54, 1.807) is 12.1 Å². The van der Waals surface area contributed by atoms with Crippen molar-refractivity contribution in [3.8, 4) is 5.75 Å². The van der Waals surface area contributed by atoms with E-state index in [2.05, 4.69) is 5.32 Å². The number of sulfonamides is 1. The molecule has 0 aromatic heterocycles. The summed E-state index contributed by atoms with van der Waals surface area (Å²) in [6.45, 7) is 1.50. The van der Waals surface area contributed by atoms with E-state index < -0.39 is 15.8 Å². The number of methoxy groups -OCH3 is 1. The number of nitrogens with zero attached hydrogens (tertiary/aromatic N) is 1. The molecule has 2 aromatic carbocycles. The fourth-order valence-corrected chi connectivity index (χ4v) is 4.75. The van der Waals surface area contributed by atoms with Gasteiger partial charge >= 0.3 is 0 Å². The van der Waals surface area contributed by atoms with Gasteiger partial charge in [0, 0.05) is 6.04 Å². The Bertz CT molecular complexity index is 801. The molecular weight excluding hydrogens is 343 g/mol. The quantitative estimate of drug-likeness (QED) is 0.886. The largest absolute Gasteiger partial charge is 0.497 e. The van der Waals surface area contributed by atoms with E-state index in [-0.39, 0.29) is 10.9 Å². The summed E-state index contributed by atoms with van der Waals surface area (Å²) < 4.78 is 46.4. The average Bonchev–Trinajstić information content (AvgIpc) is 2.64. The number of halogens is 1. The normalized spacial score (nSPS) is 15.8. The van der Waals surface area contributed by atoms with Crippen molar-refractivity contribution in [1.82, 2.24) is 5.32 Å². The number of nitrogens with one attached hydrogen (secondary N) is 1. The van der Waals surface area contributed by atoms with E-state index in [4.69, 9.17) is 4.74 Å². The fourth-order valence-electron chi connectivity index (χ4n) is 3.04. The van der Waals surface area contributed by atoms with Crippen LogP contribution < -0.4 is 14.4 Å². The molecule has 3 rings (SSSR count). The molecule has 1 fully saturated rings. The summed E-state index contributed by atoms with van der Waals surface area (Å²) in [4.78, 5) is 0.191. The molecule has 0 amide bonds. The molecule has 7 heteroatoms. The highest BCUT2D eigenvalue weighted by atomic mass is 32.2. The Labute approximate surface area is 147 Å². The molecular formula is C18H21FN2O3S. The number of hydrogen-bond donors (Lipinski definition) is 1. The lowest BCUT2D eigenvalue weighted by atomic mass is 10.1. The summed E-state index contributed by atoms with van der Waals surface area (Å²) in [7, 11) is -2.23. The number of rotatable bonds is 5. The minimum atomic E-state index is -3.76. The number of benzene rings is 2. The highest BCUT2D eigenvalue weighted by molar-refractivity contribution is 7.92. The van der Waals surface area contributed by atoms with Crippen LogP contribution in [0.3, 0.4) is 0 Å². The monoisotopic (exact) mass is 364 g/mol. The fraction of sp³-hybridized carbons (Fsp3) is 0.333. The molecule has 1 heterocycles. The first kappa shape index (κ1) is 17.7. The van der Waals surface area contributed by atoms with Gasteiger partial charge in [0.25, 0.3) is 10.0 Å². The molecule has 1 aliphatic rings. The van der Waals surface area contributed by atoms with Crippen LogP contribution in [0, 0.1) is 5.82 Å². The number of anilines is 1. The van der Waals surface area contributed by atoms with Gasteiger partial charge in [-0.15, -0.1) is 0 Å². The first-order valence-electron chi connectivity index (χ1n) is 8.17. The van der Waals surface area contributed by atoms with Crippen molar-refractivity contribution >= 4 is 15.7 Å². The van der Waals surface area contributed by atoms with Crippen LogP contribution in [0.15, 0.2) is 53.4 Å². The Balaban J connectivity index is 2.03. The predicted octanol–water partition coefficient (Wildman–Crippen LogP) is 2.78. The van der Waals surface area contributed by atoms with Crippen molar-refractivity contribution in [2.45, 2.75) is 23.8 Å². The van der Waals surface area contributed by atoms with E-state index in [9.17, 15) is 12.8 Å². The standard InChI is InChI=1S/C18H21FN2O3S/c1-24-17-6-8-18(9-7-17)25(22,23)21(16-10-12-20-13-11-16)15-4-2-14(19)3-5-15/h2-9,16,20H,10-13H2,1H3. The summed E-state index contributed by atoms with van der Waals surface area (Å²) in [6, 6.07) is 11.7. The van der Waals surface area contributed by atoms with Gasteiger partial charge < -0.3 is 10.1 Å². The second kappa shape index (κ2) is 7.41. The maximum atomic E-state index is 13.3. The van der Waals surface area contributed by atoms with E-state index in [0.717, 1.165) is 13.1 Å². The summed E-state index contributed by atoms with van der Waals surface area (Å²) >= 11 is 0. The molecule has 1 aliphatic heterocycles. The van der Waals surface area contributed by atoms with Gasteiger partial charge in [-0.3, -0.25) is 4.31 Å². The third-order valence-electron chi connectivity index (χ3n) is 4.34. The van der Waals surface area contributed by atoms with Crippen LogP contribution in [0.4, 0.5) is 10.1 Å². The van der Waals surface area contributed by atoms with Gasteiger partial charge in [0.2, 0.25) is 0 Å². The molecule has 5 nitrogen and oxygen atoms in total. The van der Waals surface area contributed by atoms with Crippen molar-refractivity contribution in [2.75, 3.05) is 24.5 Å². The molecule has 0 unspecified atom stereocenters. The Hall–Kier alpha value is -2.12. The van der Waals surface area contributed by atoms with Gasteiger partial charge in [-0.05, 0) is 74.5 Å². The van der Waals surface area contributed by atoms with Crippen LogP contribution in [0.2, 0.25) is 0 Å². The molecule has 2 aromatic rings. The molecule has 0 atom stereocenters. The third kappa shape index (κ3) is 3.77. The van der Waals surface area contributed by atoms with Crippen molar-refractivity contribution in [2.24, 2.45) is 0 Å². The first-order chi connectivity index (χ1) is 12.0. The van der Waals surface area contributed by atoms with Gasteiger partial charge in [0.15, 0.2) is 0 Å². The highest BCUT2D eigenvalue weighted by Gasteiger charge is 2.32. The zero-order chi connectivity index (χ0) is 17.9. The molecule has 0 bridgehead atoms. The molecule has 134 valence electrons. The molecule has 0 radical (unpaired) electrons. The van der Waals surface area contributed by atoms with E-state index in [0.29, 0.717) is 24.3 Å². The van der Waals surface area contributed by atoms with Crippen LogP contribution in [-0.2, 0) is 10.0 Å². The number of hydrogen-bond acceptors (Lipinski definition) is 4. The van der Waals surface area contributed by atoms with Gasteiger partial charge in [0.05, 0.1) is 17.7 Å². The van der Waals surface area contributed by atoms with Gasteiger partial charge in [-0.2, -0.15) is 0 Å². The SMILES string of the molecule is COc1ccc(S(=O)(=O)N(c2ccc(F)cc2)C2CCNCC2)cc1. The van der Waals surface area contributed by atoms with Gasteiger partial charge in [-0.25, -0.2) is 12.8 Å². The summed E-state index contributed by atoms with van der Waals surface area (Å²) in [5.41, 5.74) is 0.476. The van der Waals surface area contributed by atoms with Crippen LogP contribution in [0.25, 0.3) is 0 Å². The maximum Gasteiger partial charge on any atom is 0.264 e. The van der Waals surface area contributed by atoms with Gasteiger partial charge in [-0.1, -0.05) is 0 Å². The van der Waals surface area contributed by atoms with Crippen LogP contribution in [0.1, 0.15) is 12.8 Å². The molecule has 0 spiro atoms.